The molecule has 0 aromatic heterocycles. The molecule has 0 aliphatic carbocycles. The minimum atomic E-state index is -1.34. The Hall–Kier alpha value is 0.0569. The minimum absolute atomic E-state index is 0.695. The lowest BCUT2D eigenvalue weighted by Crippen LogP contribution is -2.29. The van der Waals surface area contributed by atoms with Gasteiger partial charge in [0.15, 0.2) is 8.32 Å². The van der Waals surface area contributed by atoms with Crippen LogP contribution in [0, 0.1) is 0 Å². The SMILES string of the molecule is CCOCCOCCCOCCCCCCCCCCC[Si](C)(C)OCC. The van der Waals surface area contributed by atoms with Gasteiger partial charge in [0.1, 0.15) is 0 Å². The molecule has 0 amide bonds. The molecule has 0 spiro atoms. The normalized spacial score (nSPS) is 12.0. The molecule has 164 valence electrons. The Morgan fingerprint density at radius 3 is 1.56 bits per heavy atom. The zero-order chi connectivity index (χ0) is 20.1. The average molecular weight is 405 g/mol. The molecular formula is C22H48O4Si. The van der Waals surface area contributed by atoms with Crippen molar-refractivity contribution >= 4 is 8.32 Å². The van der Waals surface area contributed by atoms with Gasteiger partial charge in [0.2, 0.25) is 0 Å². The predicted molar refractivity (Wildman–Crippen MR) is 118 cm³/mol. The van der Waals surface area contributed by atoms with Gasteiger partial charge in [-0.1, -0.05) is 51.4 Å². The highest BCUT2D eigenvalue weighted by Crippen LogP contribution is 2.17. The molecule has 0 N–H and O–H groups in total. The van der Waals surface area contributed by atoms with Gasteiger partial charge in [-0.3, -0.25) is 0 Å². The number of unbranched alkanes of at least 4 members (excludes halogenated alkanes) is 8. The Bertz CT molecular complexity index is 287. The quantitative estimate of drug-likeness (QED) is 0.159. The van der Waals surface area contributed by atoms with Crippen molar-refractivity contribution in [2.75, 3.05) is 46.2 Å². The molecule has 0 rings (SSSR count). The summed E-state index contributed by atoms with van der Waals surface area (Å²) in [5, 5.41) is 0. The van der Waals surface area contributed by atoms with Crippen LogP contribution >= 0.6 is 0 Å². The maximum atomic E-state index is 5.88. The first kappa shape index (κ1) is 27.1. The molecule has 0 saturated heterocycles. The lowest BCUT2D eigenvalue weighted by molar-refractivity contribution is 0.0389. The van der Waals surface area contributed by atoms with Gasteiger partial charge in [-0.2, -0.15) is 0 Å². The van der Waals surface area contributed by atoms with Crippen molar-refractivity contribution < 1.29 is 18.6 Å². The first-order chi connectivity index (χ1) is 13.1. The van der Waals surface area contributed by atoms with Crippen LogP contribution in [0.25, 0.3) is 0 Å². The van der Waals surface area contributed by atoms with Crippen LogP contribution in [-0.4, -0.2) is 54.6 Å². The first-order valence-electron chi connectivity index (χ1n) is 11.5. The van der Waals surface area contributed by atoms with E-state index in [1.165, 1.54) is 63.8 Å². The van der Waals surface area contributed by atoms with Crippen molar-refractivity contribution in [2.45, 2.75) is 97.2 Å². The third-order valence-corrected chi connectivity index (χ3v) is 7.38. The number of rotatable bonds is 22. The van der Waals surface area contributed by atoms with Gasteiger partial charge >= 0.3 is 0 Å². The molecule has 0 fully saturated rings. The molecule has 0 aliphatic rings. The number of hydrogen-bond donors (Lipinski definition) is 0. The summed E-state index contributed by atoms with van der Waals surface area (Å²) >= 11 is 0. The van der Waals surface area contributed by atoms with Crippen molar-refractivity contribution in [3.8, 4) is 0 Å². The van der Waals surface area contributed by atoms with Crippen LogP contribution in [-0.2, 0) is 18.6 Å². The van der Waals surface area contributed by atoms with Gasteiger partial charge in [0.05, 0.1) is 13.2 Å². The summed E-state index contributed by atoms with van der Waals surface area (Å²) in [6.45, 7) is 14.3. The van der Waals surface area contributed by atoms with Crippen LogP contribution in [0.15, 0.2) is 0 Å². The van der Waals surface area contributed by atoms with Crippen LogP contribution in [0.4, 0.5) is 0 Å². The topological polar surface area (TPSA) is 36.9 Å². The smallest absolute Gasteiger partial charge is 0.186 e. The molecule has 0 saturated carbocycles. The van der Waals surface area contributed by atoms with Crippen LogP contribution in [0.2, 0.25) is 19.1 Å². The first-order valence-corrected chi connectivity index (χ1v) is 14.6. The van der Waals surface area contributed by atoms with E-state index in [0.717, 1.165) is 39.5 Å². The molecule has 27 heavy (non-hydrogen) atoms. The van der Waals surface area contributed by atoms with E-state index in [9.17, 15) is 0 Å². The van der Waals surface area contributed by atoms with Crippen LogP contribution < -0.4 is 0 Å². The van der Waals surface area contributed by atoms with E-state index in [0.29, 0.717) is 13.2 Å². The largest absolute Gasteiger partial charge is 0.418 e. The van der Waals surface area contributed by atoms with Gasteiger partial charge in [-0.05, 0) is 45.8 Å². The van der Waals surface area contributed by atoms with Gasteiger partial charge in [0.25, 0.3) is 0 Å². The van der Waals surface area contributed by atoms with Gasteiger partial charge in [-0.25, -0.2) is 0 Å². The van der Waals surface area contributed by atoms with Crippen molar-refractivity contribution in [3.05, 3.63) is 0 Å². The molecule has 0 radical (unpaired) electrons. The summed E-state index contributed by atoms with van der Waals surface area (Å²) in [5.74, 6) is 0. The van der Waals surface area contributed by atoms with E-state index < -0.39 is 8.32 Å². The van der Waals surface area contributed by atoms with E-state index in [1.807, 2.05) is 6.92 Å². The van der Waals surface area contributed by atoms with Crippen LogP contribution in [0.5, 0.6) is 0 Å². The fourth-order valence-corrected chi connectivity index (χ4v) is 5.21. The molecule has 0 aromatic rings. The summed E-state index contributed by atoms with van der Waals surface area (Å²) in [5.41, 5.74) is 0. The molecule has 5 heteroatoms. The fourth-order valence-electron chi connectivity index (χ4n) is 3.18. The third-order valence-electron chi connectivity index (χ3n) is 4.76. The number of ether oxygens (including phenoxy) is 3. The molecule has 0 unspecified atom stereocenters. The maximum absolute atomic E-state index is 5.88. The van der Waals surface area contributed by atoms with Crippen molar-refractivity contribution in [3.63, 3.8) is 0 Å². The maximum Gasteiger partial charge on any atom is 0.186 e. The highest BCUT2D eigenvalue weighted by atomic mass is 28.4. The minimum Gasteiger partial charge on any atom is -0.418 e. The van der Waals surface area contributed by atoms with E-state index >= 15 is 0 Å². The lowest BCUT2D eigenvalue weighted by atomic mass is 10.1. The second kappa shape index (κ2) is 20.8. The zero-order valence-electron chi connectivity index (χ0n) is 18.9. The Kier molecular flexibility index (Phi) is 20.8. The summed E-state index contributed by atoms with van der Waals surface area (Å²) in [6.07, 6.45) is 13.1. The Labute approximate surface area is 170 Å². The molecule has 0 aliphatic heterocycles. The lowest BCUT2D eigenvalue weighted by Gasteiger charge is -2.21. The van der Waals surface area contributed by atoms with Gasteiger partial charge in [-0.15, -0.1) is 0 Å². The molecule has 0 bridgehead atoms. The van der Waals surface area contributed by atoms with E-state index in [4.69, 9.17) is 18.6 Å². The Morgan fingerprint density at radius 1 is 0.481 bits per heavy atom. The molecule has 0 heterocycles. The molecule has 0 atom stereocenters. The monoisotopic (exact) mass is 404 g/mol. The van der Waals surface area contributed by atoms with E-state index in [1.54, 1.807) is 0 Å². The molecule has 4 nitrogen and oxygen atoms in total. The second-order valence-electron chi connectivity index (χ2n) is 7.90. The predicted octanol–water partition coefficient (Wildman–Crippen LogP) is 6.20. The molecule has 0 aromatic carbocycles. The van der Waals surface area contributed by atoms with Crippen molar-refractivity contribution in [1.82, 2.24) is 0 Å². The highest BCUT2D eigenvalue weighted by Gasteiger charge is 2.20. The molecular weight excluding hydrogens is 356 g/mol. The summed E-state index contributed by atoms with van der Waals surface area (Å²) in [4.78, 5) is 0. The van der Waals surface area contributed by atoms with Crippen molar-refractivity contribution in [2.24, 2.45) is 0 Å². The summed E-state index contributed by atoms with van der Waals surface area (Å²) < 4.78 is 22.2. The van der Waals surface area contributed by atoms with Gasteiger partial charge in [0, 0.05) is 33.0 Å². The summed E-state index contributed by atoms with van der Waals surface area (Å²) in [7, 11) is -1.34. The van der Waals surface area contributed by atoms with E-state index in [-0.39, 0.29) is 0 Å². The van der Waals surface area contributed by atoms with E-state index in [2.05, 4.69) is 20.0 Å². The average Bonchev–Trinajstić information content (AvgIpc) is 2.63. The zero-order valence-corrected chi connectivity index (χ0v) is 19.9. The highest BCUT2D eigenvalue weighted by molar-refractivity contribution is 6.71. The van der Waals surface area contributed by atoms with Crippen molar-refractivity contribution in [1.29, 1.82) is 0 Å². The van der Waals surface area contributed by atoms with Gasteiger partial charge < -0.3 is 18.6 Å². The Morgan fingerprint density at radius 2 is 0.963 bits per heavy atom. The summed E-state index contributed by atoms with van der Waals surface area (Å²) in [6, 6.07) is 1.32. The number of hydrogen-bond acceptors (Lipinski definition) is 4. The third kappa shape index (κ3) is 22.2. The Balaban J connectivity index is 3.09. The van der Waals surface area contributed by atoms with Crippen LogP contribution in [0.1, 0.15) is 78.1 Å². The van der Waals surface area contributed by atoms with Crippen LogP contribution in [0.3, 0.4) is 0 Å². The fraction of sp³-hybridized carbons (Fsp3) is 1.00. The standard InChI is InChI=1S/C22H48O4Si/c1-5-23-20-21-25-19-16-18-24-17-14-12-10-8-7-9-11-13-15-22-27(3,4)26-6-2/h5-22H2,1-4H3. The second-order valence-corrected chi connectivity index (χ2v) is 12.2.